The third-order valence-corrected chi connectivity index (χ3v) is 4.61. The third kappa shape index (κ3) is 5.28. The standard InChI is InChI=1S/C13H18N4O2S2.ClH/c1-9(5-14)6-15-11(18)8-20-7-10-4-12(19)17-2-3-21-13(17)16-10;/h2-4,9H,5-8,14H2,1H3,(H,15,18);1H. The molecule has 9 heteroatoms. The van der Waals surface area contributed by atoms with E-state index in [1.807, 2.05) is 12.3 Å². The maximum absolute atomic E-state index is 11.8. The van der Waals surface area contributed by atoms with Gasteiger partial charge >= 0.3 is 0 Å². The fourth-order valence-electron chi connectivity index (χ4n) is 1.63. The van der Waals surface area contributed by atoms with Crippen molar-refractivity contribution < 1.29 is 4.79 Å². The molecule has 1 atom stereocenters. The highest BCUT2D eigenvalue weighted by Gasteiger charge is 2.07. The number of rotatable bonds is 7. The number of nitrogens with one attached hydrogen (secondary N) is 1. The van der Waals surface area contributed by atoms with E-state index >= 15 is 0 Å². The summed E-state index contributed by atoms with van der Waals surface area (Å²) >= 11 is 2.86. The van der Waals surface area contributed by atoms with Gasteiger partial charge in [-0.3, -0.25) is 14.0 Å². The first-order valence-electron chi connectivity index (χ1n) is 6.60. The Morgan fingerprint density at radius 1 is 1.59 bits per heavy atom. The minimum atomic E-state index is -0.0851. The van der Waals surface area contributed by atoms with Gasteiger partial charge in [-0.25, -0.2) is 4.98 Å². The molecule has 22 heavy (non-hydrogen) atoms. The van der Waals surface area contributed by atoms with Crippen molar-refractivity contribution >= 4 is 46.4 Å². The fraction of sp³-hybridized carbons (Fsp3) is 0.462. The van der Waals surface area contributed by atoms with Crippen LogP contribution < -0.4 is 16.6 Å². The maximum Gasteiger partial charge on any atom is 0.258 e. The molecule has 0 radical (unpaired) electrons. The Bertz CT molecular complexity index is 673. The van der Waals surface area contributed by atoms with Gasteiger partial charge in [-0.2, -0.15) is 0 Å². The SMILES string of the molecule is CC(CN)CNC(=O)CSCc1cc(=O)n2ccsc2n1.Cl. The Kier molecular flexibility index (Phi) is 7.88. The van der Waals surface area contributed by atoms with Crippen molar-refractivity contribution in [2.24, 2.45) is 11.7 Å². The van der Waals surface area contributed by atoms with Crippen molar-refractivity contribution in [3.8, 4) is 0 Å². The number of carbonyl (C=O) groups excluding carboxylic acids is 1. The molecule has 1 unspecified atom stereocenters. The lowest BCUT2D eigenvalue weighted by Gasteiger charge is -2.09. The largest absolute Gasteiger partial charge is 0.355 e. The summed E-state index contributed by atoms with van der Waals surface area (Å²) < 4.78 is 1.51. The smallest absolute Gasteiger partial charge is 0.258 e. The number of nitrogens with two attached hydrogens (primary N) is 1. The van der Waals surface area contributed by atoms with E-state index < -0.39 is 0 Å². The predicted molar refractivity (Wildman–Crippen MR) is 94.0 cm³/mol. The maximum atomic E-state index is 11.8. The Labute approximate surface area is 142 Å². The summed E-state index contributed by atoms with van der Waals surface area (Å²) in [7, 11) is 0. The molecular formula is C13H19ClN4O2S2. The molecule has 2 aromatic heterocycles. The lowest BCUT2D eigenvalue weighted by Crippen LogP contribution is -2.32. The van der Waals surface area contributed by atoms with Gasteiger partial charge in [0.25, 0.3) is 5.56 Å². The normalized spacial score (nSPS) is 11.9. The number of thioether (sulfide) groups is 1. The lowest BCUT2D eigenvalue weighted by molar-refractivity contribution is -0.118. The minimum absolute atomic E-state index is 0. The highest BCUT2D eigenvalue weighted by molar-refractivity contribution is 7.99. The van der Waals surface area contributed by atoms with Crippen molar-refractivity contribution in [2.45, 2.75) is 12.7 Å². The summed E-state index contributed by atoms with van der Waals surface area (Å²) in [5.41, 5.74) is 6.11. The average molecular weight is 363 g/mol. The molecule has 0 aliphatic rings. The van der Waals surface area contributed by atoms with E-state index in [0.29, 0.717) is 35.3 Å². The van der Waals surface area contributed by atoms with E-state index in [2.05, 4.69) is 10.3 Å². The minimum Gasteiger partial charge on any atom is -0.355 e. The monoisotopic (exact) mass is 362 g/mol. The highest BCUT2D eigenvalue weighted by Crippen LogP contribution is 2.12. The number of aromatic nitrogens is 2. The molecule has 2 rings (SSSR count). The second kappa shape index (κ2) is 9.14. The van der Waals surface area contributed by atoms with E-state index in [1.54, 1.807) is 6.20 Å². The van der Waals surface area contributed by atoms with E-state index in [-0.39, 0.29) is 29.8 Å². The summed E-state index contributed by atoms with van der Waals surface area (Å²) in [6, 6.07) is 1.52. The summed E-state index contributed by atoms with van der Waals surface area (Å²) in [6.45, 7) is 3.14. The van der Waals surface area contributed by atoms with Crippen molar-refractivity contribution in [2.75, 3.05) is 18.8 Å². The third-order valence-electron chi connectivity index (χ3n) is 2.89. The number of thiazole rings is 1. The summed E-state index contributed by atoms with van der Waals surface area (Å²) in [6.07, 6.45) is 1.71. The zero-order valence-corrected chi connectivity index (χ0v) is 14.6. The van der Waals surface area contributed by atoms with E-state index in [4.69, 9.17) is 5.73 Å². The molecule has 0 bridgehead atoms. The molecule has 0 saturated heterocycles. The van der Waals surface area contributed by atoms with E-state index in [9.17, 15) is 9.59 Å². The van der Waals surface area contributed by atoms with E-state index in [0.717, 1.165) is 0 Å². The Morgan fingerprint density at radius 2 is 2.36 bits per heavy atom. The second-order valence-electron chi connectivity index (χ2n) is 4.78. The molecule has 0 aliphatic carbocycles. The van der Waals surface area contributed by atoms with Crippen LogP contribution in [0, 0.1) is 5.92 Å². The fourth-order valence-corrected chi connectivity index (χ4v) is 3.12. The number of amides is 1. The quantitative estimate of drug-likeness (QED) is 0.770. The second-order valence-corrected chi connectivity index (χ2v) is 6.64. The molecule has 3 N–H and O–H groups in total. The van der Waals surface area contributed by atoms with Crippen molar-refractivity contribution in [3.05, 3.63) is 33.7 Å². The van der Waals surface area contributed by atoms with Crippen LogP contribution in [-0.4, -0.2) is 34.1 Å². The van der Waals surface area contributed by atoms with Gasteiger partial charge in [0.1, 0.15) is 0 Å². The first-order chi connectivity index (χ1) is 10.1. The predicted octanol–water partition coefficient (Wildman–Crippen LogP) is 1.12. The zero-order valence-electron chi connectivity index (χ0n) is 12.2. The van der Waals surface area contributed by atoms with Crippen LogP contribution >= 0.6 is 35.5 Å². The van der Waals surface area contributed by atoms with Crippen LogP contribution in [0.2, 0.25) is 0 Å². The van der Waals surface area contributed by atoms with Crippen molar-refractivity contribution in [1.82, 2.24) is 14.7 Å². The molecule has 6 nitrogen and oxygen atoms in total. The molecule has 0 aromatic carbocycles. The van der Waals surface area contributed by atoms with Crippen LogP contribution in [0.25, 0.3) is 4.96 Å². The molecule has 122 valence electrons. The number of hydrogen-bond donors (Lipinski definition) is 2. The number of hydrogen-bond acceptors (Lipinski definition) is 6. The summed E-state index contributed by atoms with van der Waals surface area (Å²) in [5, 5.41) is 4.66. The number of halogens is 1. The lowest BCUT2D eigenvalue weighted by atomic mass is 10.2. The van der Waals surface area contributed by atoms with Gasteiger partial charge in [0.05, 0.1) is 11.4 Å². The average Bonchev–Trinajstić information content (AvgIpc) is 2.93. The molecule has 0 aliphatic heterocycles. The number of carbonyl (C=O) groups is 1. The highest BCUT2D eigenvalue weighted by atomic mass is 35.5. The van der Waals surface area contributed by atoms with Gasteiger partial charge in [-0.05, 0) is 12.5 Å². The summed E-state index contributed by atoms with van der Waals surface area (Å²) in [4.78, 5) is 28.5. The number of fused-ring (bicyclic) bond motifs is 1. The first kappa shape index (κ1) is 19.0. The van der Waals surface area contributed by atoms with Crippen LogP contribution in [0.1, 0.15) is 12.6 Å². The summed E-state index contributed by atoms with van der Waals surface area (Å²) in [5.74, 6) is 1.16. The Hall–Kier alpha value is -1.09. The molecule has 0 saturated carbocycles. The Balaban J connectivity index is 0.00000242. The number of nitrogens with zero attached hydrogens (tertiary/aromatic N) is 2. The van der Waals surface area contributed by atoms with Gasteiger partial charge in [0.2, 0.25) is 5.91 Å². The van der Waals surface area contributed by atoms with Crippen LogP contribution in [0.3, 0.4) is 0 Å². The van der Waals surface area contributed by atoms with Crippen molar-refractivity contribution in [1.29, 1.82) is 0 Å². The van der Waals surface area contributed by atoms with Gasteiger partial charge in [0.15, 0.2) is 4.96 Å². The topological polar surface area (TPSA) is 89.5 Å². The zero-order chi connectivity index (χ0) is 15.2. The van der Waals surface area contributed by atoms with Crippen LogP contribution in [0.15, 0.2) is 22.4 Å². The van der Waals surface area contributed by atoms with Crippen LogP contribution in [0.5, 0.6) is 0 Å². The van der Waals surface area contributed by atoms with Crippen LogP contribution in [0.4, 0.5) is 0 Å². The molecular weight excluding hydrogens is 344 g/mol. The Morgan fingerprint density at radius 3 is 3.09 bits per heavy atom. The molecule has 1 amide bonds. The van der Waals surface area contributed by atoms with Gasteiger partial charge in [-0.1, -0.05) is 6.92 Å². The van der Waals surface area contributed by atoms with Crippen LogP contribution in [-0.2, 0) is 10.5 Å². The van der Waals surface area contributed by atoms with Gasteiger partial charge < -0.3 is 11.1 Å². The molecule has 0 fully saturated rings. The molecule has 2 heterocycles. The van der Waals surface area contributed by atoms with E-state index in [1.165, 1.54) is 33.6 Å². The van der Waals surface area contributed by atoms with Gasteiger partial charge in [0, 0.05) is 29.9 Å². The van der Waals surface area contributed by atoms with Crippen molar-refractivity contribution in [3.63, 3.8) is 0 Å². The van der Waals surface area contributed by atoms with Gasteiger partial charge in [-0.15, -0.1) is 35.5 Å². The first-order valence-corrected chi connectivity index (χ1v) is 8.64. The molecule has 2 aromatic rings. The molecule has 0 spiro atoms.